The molecule has 1 amide bonds. The lowest BCUT2D eigenvalue weighted by molar-refractivity contribution is 0.0629. The van der Waals surface area contributed by atoms with Crippen LogP contribution >= 0.6 is 0 Å². The van der Waals surface area contributed by atoms with Gasteiger partial charge in [-0.3, -0.25) is 9.69 Å². The van der Waals surface area contributed by atoms with Crippen LogP contribution in [-0.2, 0) is 0 Å². The van der Waals surface area contributed by atoms with Gasteiger partial charge < -0.3 is 10.0 Å². The van der Waals surface area contributed by atoms with Crippen LogP contribution in [0, 0.1) is 12.8 Å². The highest BCUT2D eigenvalue weighted by molar-refractivity contribution is 5.97. The van der Waals surface area contributed by atoms with Crippen molar-refractivity contribution >= 4 is 5.91 Å². The van der Waals surface area contributed by atoms with Gasteiger partial charge in [0.2, 0.25) is 0 Å². The van der Waals surface area contributed by atoms with Crippen molar-refractivity contribution in [2.24, 2.45) is 5.92 Å². The summed E-state index contributed by atoms with van der Waals surface area (Å²) in [4.78, 5) is 16.7. The Hall–Kier alpha value is -1.55. The second-order valence-corrected chi connectivity index (χ2v) is 6.06. The standard InChI is InChI=1S/C16H22N2O2/c1-12-2-5-14(15(19)10-12)16(20)18-8-6-17(7-9-18)11-13-3-4-13/h2,5,10,13,19H,3-4,6-9,11H2,1H3. The Kier molecular flexibility index (Phi) is 3.66. The molecule has 108 valence electrons. The molecule has 20 heavy (non-hydrogen) atoms. The van der Waals surface area contributed by atoms with Crippen LogP contribution < -0.4 is 0 Å². The molecular weight excluding hydrogens is 252 g/mol. The van der Waals surface area contributed by atoms with Gasteiger partial charge in [0, 0.05) is 32.7 Å². The molecule has 1 aromatic carbocycles. The number of rotatable bonds is 3. The third-order valence-electron chi connectivity index (χ3n) is 4.26. The molecule has 0 aromatic heterocycles. The summed E-state index contributed by atoms with van der Waals surface area (Å²) in [5.41, 5.74) is 1.39. The van der Waals surface area contributed by atoms with E-state index in [1.165, 1.54) is 19.4 Å². The smallest absolute Gasteiger partial charge is 0.257 e. The van der Waals surface area contributed by atoms with Gasteiger partial charge in [-0.1, -0.05) is 6.07 Å². The fourth-order valence-electron chi connectivity index (χ4n) is 2.79. The molecule has 4 heteroatoms. The van der Waals surface area contributed by atoms with Crippen molar-refractivity contribution in [1.29, 1.82) is 0 Å². The molecule has 1 N–H and O–H groups in total. The summed E-state index contributed by atoms with van der Waals surface area (Å²) in [5.74, 6) is 0.947. The van der Waals surface area contributed by atoms with Crippen LogP contribution in [0.15, 0.2) is 18.2 Å². The number of hydrogen-bond donors (Lipinski definition) is 1. The van der Waals surface area contributed by atoms with Crippen LogP contribution in [0.2, 0.25) is 0 Å². The molecule has 2 fully saturated rings. The van der Waals surface area contributed by atoms with Gasteiger partial charge in [-0.2, -0.15) is 0 Å². The Morgan fingerprint density at radius 1 is 1.25 bits per heavy atom. The molecule has 2 aliphatic rings. The van der Waals surface area contributed by atoms with E-state index < -0.39 is 0 Å². The third kappa shape index (κ3) is 2.96. The third-order valence-corrected chi connectivity index (χ3v) is 4.26. The van der Waals surface area contributed by atoms with Crippen LogP contribution in [0.4, 0.5) is 0 Å². The molecule has 3 rings (SSSR count). The molecular formula is C16H22N2O2. The number of benzene rings is 1. The fourth-order valence-corrected chi connectivity index (χ4v) is 2.79. The average molecular weight is 274 g/mol. The molecule has 1 heterocycles. The maximum Gasteiger partial charge on any atom is 0.257 e. The Labute approximate surface area is 120 Å². The molecule has 1 aromatic rings. The first-order valence-electron chi connectivity index (χ1n) is 7.45. The lowest BCUT2D eigenvalue weighted by atomic mass is 10.1. The number of carbonyl (C=O) groups is 1. The molecule has 1 saturated heterocycles. The van der Waals surface area contributed by atoms with E-state index >= 15 is 0 Å². The zero-order valence-corrected chi connectivity index (χ0v) is 12.0. The van der Waals surface area contributed by atoms with Crippen LogP contribution in [-0.4, -0.2) is 53.5 Å². The Morgan fingerprint density at radius 2 is 1.95 bits per heavy atom. The highest BCUT2D eigenvalue weighted by Gasteiger charge is 2.28. The van der Waals surface area contributed by atoms with E-state index in [-0.39, 0.29) is 11.7 Å². The van der Waals surface area contributed by atoms with Crippen LogP contribution in [0.5, 0.6) is 5.75 Å². The maximum absolute atomic E-state index is 12.4. The molecule has 4 nitrogen and oxygen atoms in total. The predicted octanol–water partition coefficient (Wildman–Crippen LogP) is 1.87. The Morgan fingerprint density at radius 3 is 2.55 bits per heavy atom. The maximum atomic E-state index is 12.4. The lowest BCUT2D eigenvalue weighted by Gasteiger charge is -2.34. The van der Waals surface area contributed by atoms with Gasteiger partial charge in [0.1, 0.15) is 5.75 Å². The van der Waals surface area contributed by atoms with Gasteiger partial charge in [-0.25, -0.2) is 0 Å². The number of aryl methyl sites for hydroxylation is 1. The summed E-state index contributed by atoms with van der Waals surface area (Å²) >= 11 is 0. The number of piperazine rings is 1. The van der Waals surface area contributed by atoms with E-state index in [0.29, 0.717) is 5.56 Å². The number of phenolic OH excluding ortho intramolecular Hbond substituents is 1. The Balaban J connectivity index is 1.60. The number of phenols is 1. The zero-order valence-electron chi connectivity index (χ0n) is 12.0. The summed E-state index contributed by atoms with van der Waals surface area (Å²) in [6, 6.07) is 5.25. The minimum absolute atomic E-state index is 0.0476. The number of aromatic hydroxyl groups is 1. The molecule has 0 radical (unpaired) electrons. The molecule has 0 spiro atoms. The minimum Gasteiger partial charge on any atom is -0.507 e. The van der Waals surface area contributed by atoms with Crippen LogP contribution in [0.25, 0.3) is 0 Å². The van der Waals surface area contributed by atoms with E-state index in [0.717, 1.165) is 37.7 Å². The van der Waals surface area contributed by atoms with E-state index in [1.54, 1.807) is 12.1 Å². The van der Waals surface area contributed by atoms with Crippen LogP contribution in [0.1, 0.15) is 28.8 Å². The first kappa shape index (κ1) is 13.4. The second-order valence-electron chi connectivity index (χ2n) is 6.06. The summed E-state index contributed by atoms with van der Waals surface area (Å²) in [7, 11) is 0. The van der Waals surface area contributed by atoms with Gasteiger partial charge in [0.05, 0.1) is 5.56 Å². The number of carbonyl (C=O) groups excluding carboxylic acids is 1. The normalized spacial score (nSPS) is 20.1. The SMILES string of the molecule is Cc1ccc(C(=O)N2CCN(CC3CC3)CC2)c(O)c1. The van der Waals surface area contributed by atoms with E-state index in [4.69, 9.17) is 0 Å². The summed E-state index contributed by atoms with van der Waals surface area (Å²) in [6.07, 6.45) is 2.74. The zero-order chi connectivity index (χ0) is 14.1. The number of nitrogens with zero attached hydrogens (tertiary/aromatic N) is 2. The van der Waals surface area contributed by atoms with Crippen molar-refractivity contribution in [2.75, 3.05) is 32.7 Å². The fraction of sp³-hybridized carbons (Fsp3) is 0.562. The number of amides is 1. The highest BCUT2D eigenvalue weighted by Crippen LogP contribution is 2.30. The summed E-state index contributed by atoms with van der Waals surface area (Å²) in [5, 5.41) is 9.91. The molecule has 1 aliphatic carbocycles. The van der Waals surface area contributed by atoms with Crippen molar-refractivity contribution in [3.05, 3.63) is 29.3 Å². The van der Waals surface area contributed by atoms with E-state index in [9.17, 15) is 9.90 Å². The monoisotopic (exact) mass is 274 g/mol. The summed E-state index contributed by atoms with van der Waals surface area (Å²) < 4.78 is 0. The second kappa shape index (κ2) is 5.44. The molecule has 1 aliphatic heterocycles. The average Bonchev–Trinajstić information content (AvgIpc) is 3.23. The van der Waals surface area contributed by atoms with Crippen LogP contribution in [0.3, 0.4) is 0 Å². The van der Waals surface area contributed by atoms with Gasteiger partial charge in [-0.15, -0.1) is 0 Å². The predicted molar refractivity (Wildman–Crippen MR) is 77.9 cm³/mol. The topological polar surface area (TPSA) is 43.8 Å². The minimum atomic E-state index is -0.0476. The van der Waals surface area contributed by atoms with Crippen molar-refractivity contribution in [3.63, 3.8) is 0 Å². The van der Waals surface area contributed by atoms with Crippen molar-refractivity contribution in [3.8, 4) is 5.75 Å². The van der Waals surface area contributed by atoms with Crippen molar-refractivity contribution in [2.45, 2.75) is 19.8 Å². The largest absolute Gasteiger partial charge is 0.507 e. The van der Waals surface area contributed by atoms with E-state index in [1.807, 2.05) is 17.9 Å². The lowest BCUT2D eigenvalue weighted by Crippen LogP contribution is -2.49. The molecule has 0 unspecified atom stereocenters. The Bertz CT molecular complexity index is 503. The van der Waals surface area contributed by atoms with Gasteiger partial charge >= 0.3 is 0 Å². The van der Waals surface area contributed by atoms with Crippen molar-refractivity contribution < 1.29 is 9.90 Å². The van der Waals surface area contributed by atoms with Gasteiger partial charge in [-0.05, 0) is 43.4 Å². The first-order chi connectivity index (χ1) is 9.63. The van der Waals surface area contributed by atoms with Crippen molar-refractivity contribution in [1.82, 2.24) is 9.80 Å². The van der Waals surface area contributed by atoms with Gasteiger partial charge in [0.15, 0.2) is 0 Å². The van der Waals surface area contributed by atoms with E-state index in [2.05, 4.69) is 4.90 Å². The quantitative estimate of drug-likeness (QED) is 0.915. The highest BCUT2D eigenvalue weighted by atomic mass is 16.3. The summed E-state index contributed by atoms with van der Waals surface area (Å²) in [6.45, 7) is 6.53. The molecule has 0 atom stereocenters. The molecule has 0 bridgehead atoms. The first-order valence-corrected chi connectivity index (χ1v) is 7.45. The van der Waals surface area contributed by atoms with Gasteiger partial charge in [0.25, 0.3) is 5.91 Å². The number of hydrogen-bond acceptors (Lipinski definition) is 3. The molecule has 1 saturated carbocycles.